The first-order chi connectivity index (χ1) is 6.24. The second-order valence-corrected chi connectivity index (χ2v) is 2.73. The molecule has 0 aliphatic rings. The lowest BCUT2D eigenvalue weighted by Crippen LogP contribution is -1.87. The molecule has 0 saturated carbocycles. The van der Waals surface area contributed by atoms with Crippen LogP contribution in [0.1, 0.15) is 27.2 Å². The summed E-state index contributed by atoms with van der Waals surface area (Å²) in [6, 6.07) is 0. The molecule has 0 heterocycles. The van der Waals surface area contributed by atoms with Crippen molar-refractivity contribution in [2.45, 2.75) is 27.2 Å². The monoisotopic (exact) mass is 179 g/mol. The predicted molar refractivity (Wildman–Crippen MR) is 58.3 cm³/mol. The highest BCUT2D eigenvalue weighted by atomic mass is 16.5. The van der Waals surface area contributed by atoms with E-state index in [0.29, 0.717) is 6.61 Å². The lowest BCUT2D eigenvalue weighted by molar-refractivity contribution is 0.242. The maximum atomic E-state index is 5.34. The van der Waals surface area contributed by atoms with Crippen molar-refractivity contribution < 1.29 is 4.74 Å². The summed E-state index contributed by atoms with van der Waals surface area (Å²) in [5, 5.41) is 0. The van der Waals surface area contributed by atoms with Gasteiger partial charge in [-0.3, -0.25) is 0 Å². The average Bonchev–Trinajstić information content (AvgIpc) is 2.12. The van der Waals surface area contributed by atoms with Gasteiger partial charge in [0.15, 0.2) is 0 Å². The first-order valence-electron chi connectivity index (χ1n) is 4.67. The fourth-order valence-corrected chi connectivity index (χ4v) is 0.925. The van der Waals surface area contributed by atoms with Crippen LogP contribution < -0.4 is 0 Å². The number of allylic oxidation sites excluding steroid dienone is 4. The van der Waals surface area contributed by atoms with Gasteiger partial charge in [0.2, 0.25) is 0 Å². The van der Waals surface area contributed by atoms with Crippen LogP contribution in [-0.4, -0.2) is 6.61 Å². The minimum Gasteiger partial charge on any atom is -0.494 e. The van der Waals surface area contributed by atoms with E-state index in [1.54, 1.807) is 0 Å². The van der Waals surface area contributed by atoms with Crippen molar-refractivity contribution in [2.75, 3.05) is 6.61 Å². The van der Waals surface area contributed by atoms with Crippen LogP contribution in [-0.2, 0) is 4.74 Å². The van der Waals surface area contributed by atoms with E-state index in [0.717, 1.165) is 17.8 Å². The van der Waals surface area contributed by atoms with Crippen molar-refractivity contribution in [3.05, 3.63) is 42.6 Å². The van der Waals surface area contributed by atoms with E-state index in [-0.39, 0.29) is 0 Å². The Bertz CT molecular complexity index is 199. The SMILES string of the molecule is C=C(/C=C\C(=C/C)OCC)C[CH-]C. The summed E-state index contributed by atoms with van der Waals surface area (Å²) < 4.78 is 5.34. The molecule has 0 aromatic carbocycles. The summed E-state index contributed by atoms with van der Waals surface area (Å²) in [7, 11) is 0. The molecule has 0 aliphatic carbocycles. The van der Waals surface area contributed by atoms with E-state index in [1.807, 2.05) is 39.0 Å². The fourth-order valence-electron chi connectivity index (χ4n) is 0.925. The summed E-state index contributed by atoms with van der Waals surface area (Å²) in [5.41, 5.74) is 1.10. The number of hydrogen-bond donors (Lipinski definition) is 0. The van der Waals surface area contributed by atoms with E-state index in [4.69, 9.17) is 4.74 Å². The predicted octanol–water partition coefficient (Wildman–Crippen LogP) is 3.65. The molecule has 0 rings (SSSR count). The van der Waals surface area contributed by atoms with Gasteiger partial charge in [0.1, 0.15) is 5.76 Å². The van der Waals surface area contributed by atoms with Crippen LogP contribution in [0.4, 0.5) is 0 Å². The molecule has 0 saturated heterocycles. The van der Waals surface area contributed by atoms with Crippen molar-refractivity contribution in [1.82, 2.24) is 0 Å². The largest absolute Gasteiger partial charge is 0.494 e. The second-order valence-electron chi connectivity index (χ2n) is 2.73. The Kier molecular flexibility index (Phi) is 7.08. The van der Waals surface area contributed by atoms with Crippen LogP contribution in [0.3, 0.4) is 0 Å². The third kappa shape index (κ3) is 6.21. The Hall–Kier alpha value is -0.980. The maximum Gasteiger partial charge on any atom is 0.115 e. The fraction of sp³-hybridized carbons (Fsp3) is 0.417. The lowest BCUT2D eigenvalue weighted by atomic mass is 10.1. The molecule has 0 aromatic heterocycles. The van der Waals surface area contributed by atoms with Gasteiger partial charge in [-0.05, 0) is 26.0 Å². The van der Waals surface area contributed by atoms with Crippen molar-refractivity contribution in [1.29, 1.82) is 0 Å². The maximum absolute atomic E-state index is 5.34. The Morgan fingerprint density at radius 3 is 2.62 bits per heavy atom. The smallest absolute Gasteiger partial charge is 0.115 e. The van der Waals surface area contributed by atoms with E-state index in [9.17, 15) is 0 Å². The highest BCUT2D eigenvalue weighted by Crippen LogP contribution is 2.06. The normalized spacial score (nSPS) is 12.1. The molecule has 0 aliphatic heterocycles. The van der Waals surface area contributed by atoms with E-state index in [1.165, 1.54) is 0 Å². The van der Waals surface area contributed by atoms with Crippen molar-refractivity contribution in [3.8, 4) is 0 Å². The number of rotatable bonds is 6. The van der Waals surface area contributed by atoms with Crippen LogP contribution in [0, 0.1) is 6.42 Å². The van der Waals surface area contributed by atoms with Crippen LogP contribution in [0.15, 0.2) is 36.1 Å². The molecule has 1 heteroatoms. The number of ether oxygens (including phenoxy) is 1. The Balaban J connectivity index is 4.00. The highest BCUT2D eigenvalue weighted by molar-refractivity contribution is 5.23. The molecule has 0 bridgehead atoms. The van der Waals surface area contributed by atoms with Gasteiger partial charge >= 0.3 is 0 Å². The first kappa shape index (κ1) is 12.0. The molecular weight excluding hydrogens is 160 g/mol. The van der Waals surface area contributed by atoms with Gasteiger partial charge in [-0.2, -0.15) is 13.3 Å². The minimum atomic E-state index is 0.705. The van der Waals surface area contributed by atoms with Gasteiger partial charge < -0.3 is 11.2 Å². The van der Waals surface area contributed by atoms with Crippen LogP contribution in [0.2, 0.25) is 0 Å². The van der Waals surface area contributed by atoms with Gasteiger partial charge in [0.05, 0.1) is 6.61 Å². The number of hydrogen-bond acceptors (Lipinski definition) is 1. The molecule has 0 amide bonds. The molecule has 0 N–H and O–H groups in total. The Morgan fingerprint density at radius 1 is 1.46 bits per heavy atom. The molecular formula is C12H19O-. The zero-order valence-electron chi connectivity index (χ0n) is 8.84. The molecule has 0 unspecified atom stereocenters. The Morgan fingerprint density at radius 2 is 2.15 bits per heavy atom. The molecule has 13 heavy (non-hydrogen) atoms. The van der Waals surface area contributed by atoms with Crippen molar-refractivity contribution >= 4 is 0 Å². The summed E-state index contributed by atoms with van der Waals surface area (Å²) in [6.45, 7) is 10.6. The zero-order valence-corrected chi connectivity index (χ0v) is 8.84. The molecule has 74 valence electrons. The summed E-state index contributed by atoms with van der Waals surface area (Å²) in [6.07, 6.45) is 8.91. The topological polar surface area (TPSA) is 9.23 Å². The average molecular weight is 179 g/mol. The molecule has 0 atom stereocenters. The van der Waals surface area contributed by atoms with Gasteiger partial charge in [-0.15, -0.1) is 0 Å². The van der Waals surface area contributed by atoms with Gasteiger partial charge in [-0.1, -0.05) is 18.2 Å². The lowest BCUT2D eigenvalue weighted by Gasteiger charge is -2.05. The molecule has 0 fully saturated rings. The standard InChI is InChI=1S/C12H19O/c1-5-8-11(4)9-10-12(6-2)13-7-3/h5-6,9-10H,4,7-8H2,1-3H3/q-1/b10-9-,12-6+. The molecule has 0 spiro atoms. The van der Waals surface area contributed by atoms with E-state index < -0.39 is 0 Å². The van der Waals surface area contributed by atoms with Crippen LogP contribution >= 0.6 is 0 Å². The van der Waals surface area contributed by atoms with Gasteiger partial charge in [0, 0.05) is 0 Å². The first-order valence-corrected chi connectivity index (χ1v) is 4.67. The third-order valence-corrected chi connectivity index (χ3v) is 1.55. The molecule has 1 nitrogen and oxygen atoms in total. The van der Waals surface area contributed by atoms with Crippen LogP contribution in [0.5, 0.6) is 0 Å². The molecule has 0 aromatic rings. The third-order valence-electron chi connectivity index (χ3n) is 1.55. The van der Waals surface area contributed by atoms with Crippen LogP contribution in [0.25, 0.3) is 0 Å². The minimum absolute atomic E-state index is 0.705. The van der Waals surface area contributed by atoms with E-state index >= 15 is 0 Å². The summed E-state index contributed by atoms with van der Waals surface area (Å²) in [4.78, 5) is 0. The van der Waals surface area contributed by atoms with E-state index in [2.05, 4.69) is 13.0 Å². The van der Waals surface area contributed by atoms with Gasteiger partial charge in [-0.25, -0.2) is 0 Å². The quantitative estimate of drug-likeness (QED) is 0.343. The zero-order chi connectivity index (χ0) is 10.1. The highest BCUT2D eigenvalue weighted by Gasteiger charge is 1.87. The Labute approximate surface area is 81.8 Å². The second kappa shape index (κ2) is 7.66. The summed E-state index contributed by atoms with van der Waals surface area (Å²) >= 11 is 0. The van der Waals surface area contributed by atoms with Crippen molar-refractivity contribution in [3.63, 3.8) is 0 Å². The van der Waals surface area contributed by atoms with Crippen molar-refractivity contribution in [2.24, 2.45) is 0 Å². The molecule has 0 radical (unpaired) electrons. The van der Waals surface area contributed by atoms with Gasteiger partial charge in [0.25, 0.3) is 0 Å². The summed E-state index contributed by atoms with van der Waals surface area (Å²) in [5.74, 6) is 0.903.